The minimum atomic E-state index is -1.67. The van der Waals surface area contributed by atoms with Gasteiger partial charge >= 0.3 is 5.97 Å². The maximum atomic E-state index is 14.1. The molecule has 6 heteroatoms. The van der Waals surface area contributed by atoms with Gasteiger partial charge in [-0.15, -0.1) is 6.42 Å². The molecule has 0 aliphatic heterocycles. The van der Waals surface area contributed by atoms with E-state index in [9.17, 15) is 22.4 Å². The van der Waals surface area contributed by atoms with E-state index in [1.165, 1.54) is 24.3 Å². The van der Waals surface area contributed by atoms with Gasteiger partial charge in [-0.2, -0.15) is 0 Å². The smallest absolute Gasteiger partial charge is 0.343 e. The molecule has 0 spiro atoms. The first-order valence-electron chi connectivity index (χ1n) is 8.32. The highest BCUT2D eigenvalue weighted by Crippen LogP contribution is 2.34. The third-order valence-electron chi connectivity index (χ3n) is 4.27. The summed E-state index contributed by atoms with van der Waals surface area (Å²) in [6.07, 6.45) is 5.44. The summed E-state index contributed by atoms with van der Waals surface area (Å²) >= 11 is 0. The molecular formula is C22H14F4O2. The molecule has 0 aliphatic rings. The van der Waals surface area contributed by atoms with Crippen LogP contribution in [0.15, 0.2) is 36.4 Å². The van der Waals surface area contributed by atoms with Crippen molar-refractivity contribution in [2.24, 2.45) is 0 Å². The Morgan fingerprint density at radius 3 is 2.21 bits per heavy atom. The average molecular weight is 386 g/mol. The molecule has 142 valence electrons. The fraction of sp³-hybridized carbons (Fsp3) is 0.136. The van der Waals surface area contributed by atoms with E-state index in [-0.39, 0.29) is 17.2 Å². The van der Waals surface area contributed by atoms with Crippen LogP contribution in [0.3, 0.4) is 0 Å². The maximum Gasteiger partial charge on any atom is 0.343 e. The Morgan fingerprint density at radius 2 is 1.64 bits per heavy atom. The fourth-order valence-corrected chi connectivity index (χ4v) is 2.94. The van der Waals surface area contributed by atoms with Gasteiger partial charge in [-0.3, -0.25) is 0 Å². The zero-order valence-electron chi connectivity index (χ0n) is 14.9. The Morgan fingerprint density at radius 1 is 1.00 bits per heavy atom. The van der Waals surface area contributed by atoms with Gasteiger partial charge in [0.2, 0.25) is 0 Å². The lowest BCUT2D eigenvalue weighted by atomic mass is 9.92. The summed E-state index contributed by atoms with van der Waals surface area (Å²) < 4.78 is 59.1. The molecule has 28 heavy (non-hydrogen) atoms. The van der Waals surface area contributed by atoms with E-state index in [0.717, 1.165) is 0 Å². The Kier molecular flexibility index (Phi) is 5.10. The third-order valence-corrected chi connectivity index (χ3v) is 4.27. The molecule has 0 atom stereocenters. The number of esters is 1. The highest BCUT2D eigenvalue weighted by molar-refractivity contribution is 5.95. The third kappa shape index (κ3) is 3.44. The van der Waals surface area contributed by atoms with Crippen LogP contribution in [0.2, 0.25) is 0 Å². The molecule has 0 aliphatic carbocycles. The van der Waals surface area contributed by atoms with Gasteiger partial charge in [0.05, 0.1) is 11.1 Å². The predicted octanol–water partition coefficient (Wildman–Crippen LogP) is 5.72. The Bertz CT molecular complexity index is 1120. The van der Waals surface area contributed by atoms with Crippen LogP contribution in [0.4, 0.5) is 17.6 Å². The molecule has 0 heterocycles. The van der Waals surface area contributed by atoms with Gasteiger partial charge in [0.25, 0.3) is 0 Å². The number of hydrogen-bond donors (Lipinski definition) is 0. The largest absolute Gasteiger partial charge is 0.423 e. The summed E-state index contributed by atoms with van der Waals surface area (Å²) in [4.78, 5) is 12.3. The second kappa shape index (κ2) is 7.35. The van der Waals surface area contributed by atoms with Gasteiger partial charge in [-0.05, 0) is 47.2 Å². The topological polar surface area (TPSA) is 26.3 Å². The van der Waals surface area contributed by atoms with E-state index < -0.39 is 34.8 Å². The van der Waals surface area contributed by atoms with Crippen molar-refractivity contribution in [1.82, 2.24) is 0 Å². The minimum absolute atomic E-state index is 0.0842. The van der Waals surface area contributed by atoms with Crippen molar-refractivity contribution in [1.29, 1.82) is 0 Å². The van der Waals surface area contributed by atoms with Crippen LogP contribution in [0, 0.1) is 35.6 Å². The number of fused-ring (bicyclic) bond motifs is 1. The molecule has 0 radical (unpaired) electrons. The van der Waals surface area contributed by atoms with E-state index in [4.69, 9.17) is 11.2 Å². The molecule has 0 N–H and O–H groups in total. The lowest BCUT2D eigenvalue weighted by Crippen LogP contribution is -2.11. The highest BCUT2D eigenvalue weighted by Gasteiger charge is 2.19. The normalized spacial score (nSPS) is 10.9. The first kappa shape index (κ1) is 19.4. The van der Waals surface area contributed by atoms with E-state index in [1.807, 2.05) is 13.8 Å². The molecule has 0 saturated heterocycles. The minimum Gasteiger partial charge on any atom is -0.423 e. The van der Waals surface area contributed by atoms with Crippen LogP contribution in [-0.2, 0) is 0 Å². The van der Waals surface area contributed by atoms with E-state index in [2.05, 4.69) is 5.92 Å². The molecule has 3 aromatic rings. The molecule has 0 unspecified atom stereocenters. The monoisotopic (exact) mass is 386 g/mol. The molecule has 0 fully saturated rings. The Labute approximate surface area is 158 Å². The zero-order chi connectivity index (χ0) is 20.6. The standard InChI is InChI=1S/C22H14F4O2/c1-4-15-17(23)6-5-12-7-14(10-16(11(2)3)20(12)15)28-22(27)13-8-18(24)21(26)19(25)9-13/h1,5-11H,2-3H3. The molecule has 3 aromatic carbocycles. The van der Waals surface area contributed by atoms with Gasteiger partial charge in [-0.1, -0.05) is 25.8 Å². The summed E-state index contributed by atoms with van der Waals surface area (Å²) in [5.41, 5.74) is 0.261. The van der Waals surface area contributed by atoms with Crippen molar-refractivity contribution in [3.05, 3.63) is 76.4 Å². The number of terminal acetylenes is 1. The van der Waals surface area contributed by atoms with Gasteiger partial charge in [-0.25, -0.2) is 22.4 Å². The predicted molar refractivity (Wildman–Crippen MR) is 97.2 cm³/mol. The van der Waals surface area contributed by atoms with Crippen molar-refractivity contribution >= 4 is 16.7 Å². The number of halogens is 4. The quantitative estimate of drug-likeness (QED) is 0.189. The number of carbonyl (C=O) groups excluding carboxylic acids is 1. The Hall–Kier alpha value is -3.33. The number of hydrogen-bond acceptors (Lipinski definition) is 2. The summed E-state index contributed by atoms with van der Waals surface area (Å²) in [5.74, 6) is -3.94. The summed E-state index contributed by atoms with van der Waals surface area (Å²) in [5, 5.41) is 1.07. The first-order valence-corrected chi connectivity index (χ1v) is 8.32. The van der Waals surface area contributed by atoms with Crippen molar-refractivity contribution in [3.8, 4) is 18.1 Å². The van der Waals surface area contributed by atoms with Crippen LogP contribution in [0.25, 0.3) is 10.8 Å². The number of rotatable bonds is 3. The second-order valence-electron chi connectivity index (χ2n) is 6.48. The highest BCUT2D eigenvalue weighted by atomic mass is 19.2. The lowest BCUT2D eigenvalue weighted by Gasteiger charge is -2.15. The summed E-state index contributed by atoms with van der Waals surface area (Å²) in [6.45, 7) is 3.71. The van der Waals surface area contributed by atoms with Crippen molar-refractivity contribution in [2.45, 2.75) is 19.8 Å². The van der Waals surface area contributed by atoms with Gasteiger partial charge < -0.3 is 4.74 Å². The Balaban J connectivity index is 2.09. The molecule has 0 amide bonds. The molecule has 0 bridgehead atoms. The summed E-state index contributed by atoms with van der Waals surface area (Å²) in [6, 6.07) is 6.79. The van der Waals surface area contributed by atoms with Crippen LogP contribution in [0.5, 0.6) is 5.75 Å². The number of carbonyl (C=O) groups is 1. The molecule has 0 saturated carbocycles. The molecular weight excluding hydrogens is 372 g/mol. The first-order chi connectivity index (χ1) is 13.2. The fourth-order valence-electron chi connectivity index (χ4n) is 2.94. The molecule has 2 nitrogen and oxygen atoms in total. The second-order valence-corrected chi connectivity index (χ2v) is 6.48. The van der Waals surface area contributed by atoms with E-state index >= 15 is 0 Å². The van der Waals surface area contributed by atoms with Crippen molar-refractivity contribution < 1.29 is 27.1 Å². The van der Waals surface area contributed by atoms with Gasteiger partial charge in [0.1, 0.15) is 11.6 Å². The average Bonchev–Trinajstić information content (AvgIpc) is 2.65. The van der Waals surface area contributed by atoms with Crippen LogP contribution in [0.1, 0.15) is 41.3 Å². The number of ether oxygens (including phenoxy) is 1. The van der Waals surface area contributed by atoms with Crippen LogP contribution < -0.4 is 4.74 Å². The van der Waals surface area contributed by atoms with Crippen molar-refractivity contribution in [3.63, 3.8) is 0 Å². The van der Waals surface area contributed by atoms with Crippen LogP contribution in [-0.4, -0.2) is 5.97 Å². The van der Waals surface area contributed by atoms with Crippen molar-refractivity contribution in [2.75, 3.05) is 0 Å². The van der Waals surface area contributed by atoms with Gasteiger partial charge in [0.15, 0.2) is 17.5 Å². The number of benzene rings is 3. The summed E-state index contributed by atoms with van der Waals surface area (Å²) in [7, 11) is 0. The van der Waals surface area contributed by atoms with E-state index in [1.54, 1.807) is 0 Å². The SMILES string of the molecule is C#Cc1c(F)ccc2cc(OC(=O)c3cc(F)c(F)c(F)c3)cc(C(C)C)c12. The van der Waals surface area contributed by atoms with E-state index in [0.29, 0.717) is 28.5 Å². The van der Waals surface area contributed by atoms with Crippen LogP contribution >= 0.6 is 0 Å². The van der Waals surface area contributed by atoms with Gasteiger partial charge in [0, 0.05) is 5.39 Å². The maximum absolute atomic E-state index is 14.1. The lowest BCUT2D eigenvalue weighted by molar-refractivity contribution is 0.0733. The molecule has 0 aromatic heterocycles. The zero-order valence-corrected chi connectivity index (χ0v) is 14.9. The molecule has 3 rings (SSSR count).